The molecule has 0 aliphatic carbocycles. The highest BCUT2D eigenvalue weighted by Crippen LogP contribution is 2.40. The Kier molecular flexibility index (Phi) is 6.76. The first-order valence-electron chi connectivity index (χ1n) is 10.9. The second kappa shape index (κ2) is 9.74. The molecule has 0 saturated heterocycles. The zero-order chi connectivity index (χ0) is 24.4. The van der Waals surface area contributed by atoms with E-state index >= 15 is 0 Å². The second-order valence-corrected chi connectivity index (χ2v) is 9.31. The quantitative estimate of drug-likeness (QED) is 0.368. The van der Waals surface area contributed by atoms with Crippen LogP contribution in [-0.4, -0.2) is 58.9 Å². The average molecular weight is 478 g/mol. The van der Waals surface area contributed by atoms with E-state index in [1.54, 1.807) is 24.3 Å². The zero-order valence-electron chi connectivity index (χ0n) is 19.7. The minimum Gasteiger partial charge on any atom is -0.492 e. The Morgan fingerprint density at radius 2 is 1.91 bits per heavy atom. The summed E-state index contributed by atoms with van der Waals surface area (Å²) < 4.78 is 5.81. The summed E-state index contributed by atoms with van der Waals surface area (Å²) in [5, 5.41) is 1.77. The van der Waals surface area contributed by atoms with Gasteiger partial charge in [0, 0.05) is 29.5 Å². The van der Waals surface area contributed by atoms with E-state index in [0.29, 0.717) is 30.2 Å². The lowest BCUT2D eigenvalue weighted by Crippen LogP contribution is -2.36. The fourth-order valence-electron chi connectivity index (χ4n) is 3.61. The van der Waals surface area contributed by atoms with Crippen molar-refractivity contribution < 1.29 is 14.3 Å². The molecule has 34 heavy (non-hydrogen) atoms. The average Bonchev–Trinajstić information content (AvgIpc) is 3.25. The number of anilines is 1. The topological polar surface area (TPSA) is 87.7 Å². The molecule has 1 N–H and O–H groups in total. The number of hydrazine groups is 1. The number of aromatic nitrogens is 2. The van der Waals surface area contributed by atoms with Crippen molar-refractivity contribution in [2.45, 2.75) is 20.3 Å². The third-order valence-electron chi connectivity index (χ3n) is 5.41. The SMILES string of the molecule is C=CCc1nc(NN2C(=O)C=C(C)C2=O)c2c(C)c(-c3ccc(OCCN(C)C)cc3)sc2n1. The lowest BCUT2D eigenvalue weighted by Gasteiger charge is -2.17. The number of aryl methyl sites for hydroxylation is 1. The molecule has 4 rings (SSSR count). The summed E-state index contributed by atoms with van der Waals surface area (Å²) in [5.74, 6) is 0.993. The van der Waals surface area contributed by atoms with E-state index in [-0.39, 0.29) is 5.91 Å². The number of fused-ring (bicyclic) bond motifs is 1. The minimum absolute atomic E-state index is 0.379. The molecule has 176 valence electrons. The number of imide groups is 1. The highest BCUT2D eigenvalue weighted by molar-refractivity contribution is 7.22. The highest BCUT2D eigenvalue weighted by atomic mass is 32.1. The van der Waals surface area contributed by atoms with Crippen molar-refractivity contribution in [2.75, 3.05) is 32.7 Å². The number of carbonyl (C=O) groups is 2. The summed E-state index contributed by atoms with van der Waals surface area (Å²) in [6.07, 6.45) is 3.50. The summed E-state index contributed by atoms with van der Waals surface area (Å²) in [7, 11) is 4.02. The number of rotatable bonds is 9. The van der Waals surface area contributed by atoms with Gasteiger partial charge in [0.15, 0.2) is 5.82 Å². The van der Waals surface area contributed by atoms with Crippen molar-refractivity contribution >= 4 is 39.2 Å². The van der Waals surface area contributed by atoms with Gasteiger partial charge in [-0.1, -0.05) is 6.08 Å². The molecule has 1 aliphatic heterocycles. The number of benzene rings is 1. The number of hydrogen-bond donors (Lipinski definition) is 1. The molecule has 2 aromatic heterocycles. The maximum atomic E-state index is 12.4. The van der Waals surface area contributed by atoms with Gasteiger partial charge in [0.1, 0.15) is 23.0 Å². The molecule has 0 fully saturated rings. The number of likely N-dealkylation sites (N-methyl/N-ethyl adjacent to an activating group) is 1. The van der Waals surface area contributed by atoms with Crippen LogP contribution in [0.2, 0.25) is 0 Å². The van der Waals surface area contributed by atoms with Crippen LogP contribution in [0.3, 0.4) is 0 Å². The molecule has 3 heterocycles. The van der Waals surface area contributed by atoms with Gasteiger partial charge in [0.2, 0.25) is 0 Å². The standard InChI is InChI=1S/C25H27N5O3S/c1-6-7-19-26-23(28-30-20(31)14-15(2)25(30)32)21-16(3)22(34-24(21)27-19)17-8-10-18(11-9-17)33-13-12-29(4)5/h6,8-11,14H,1,7,12-13H2,2-5H3,(H,26,27,28). The van der Waals surface area contributed by atoms with Gasteiger partial charge in [0.25, 0.3) is 11.8 Å². The van der Waals surface area contributed by atoms with Crippen LogP contribution in [0.25, 0.3) is 20.7 Å². The molecule has 2 amide bonds. The Morgan fingerprint density at radius 1 is 1.18 bits per heavy atom. The summed E-state index contributed by atoms with van der Waals surface area (Å²) in [6.45, 7) is 8.84. The van der Waals surface area contributed by atoms with Gasteiger partial charge in [-0.05, 0) is 63.3 Å². The predicted octanol–water partition coefficient (Wildman–Crippen LogP) is 3.98. The van der Waals surface area contributed by atoms with E-state index < -0.39 is 5.91 Å². The van der Waals surface area contributed by atoms with Gasteiger partial charge in [-0.2, -0.15) is 5.01 Å². The molecule has 3 aromatic rings. The third-order valence-corrected chi connectivity index (χ3v) is 6.64. The zero-order valence-corrected chi connectivity index (χ0v) is 20.5. The molecule has 0 atom stereocenters. The van der Waals surface area contributed by atoms with Gasteiger partial charge < -0.3 is 9.64 Å². The summed E-state index contributed by atoms with van der Waals surface area (Å²) >= 11 is 1.54. The minimum atomic E-state index is -0.419. The van der Waals surface area contributed by atoms with E-state index in [9.17, 15) is 9.59 Å². The number of ether oxygens (including phenoxy) is 1. The summed E-state index contributed by atoms with van der Waals surface area (Å²) in [4.78, 5) is 37.9. The van der Waals surface area contributed by atoms with Gasteiger partial charge in [0.05, 0.1) is 5.39 Å². The van der Waals surface area contributed by atoms with Gasteiger partial charge in [-0.3, -0.25) is 15.0 Å². The molecule has 8 nitrogen and oxygen atoms in total. The van der Waals surface area contributed by atoms with Crippen LogP contribution in [0.4, 0.5) is 5.82 Å². The molecular weight excluding hydrogens is 450 g/mol. The molecule has 1 aromatic carbocycles. The normalized spacial score (nSPS) is 13.7. The molecule has 0 saturated carbocycles. The molecule has 0 radical (unpaired) electrons. The first-order chi connectivity index (χ1) is 16.3. The number of amides is 2. The molecule has 1 aliphatic rings. The van der Waals surface area contributed by atoms with Crippen LogP contribution in [0.1, 0.15) is 18.3 Å². The van der Waals surface area contributed by atoms with E-state index in [2.05, 4.69) is 21.9 Å². The lowest BCUT2D eigenvalue weighted by molar-refractivity contribution is -0.135. The van der Waals surface area contributed by atoms with E-state index in [4.69, 9.17) is 9.72 Å². The lowest BCUT2D eigenvalue weighted by atomic mass is 10.1. The van der Waals surface area contributed by atoms with E-state index in [0.717, 1.165) is 43.5 Å². The number of nitrogens with one attached hydrogen (secondary N) is 1. The van der Waals surface area contributed by atoms with Crippen molar-refractivity contribution in [2.24, 2.45) is 0 Å². The maximum Gasteiger partial charge on any atom is 0.275 e. The van der Waals surface area contributed by atoms with Crippen molar-refractivity contribution in [3.05, 3.63) is 60.0 Å². The largest absolute Gasteiger partial charge is 0.492 e. The van der Waals surface area contributed by atoms with Crippen LogP contribution >= 0.6 is 11.3 Å². The number of allylic oxidation sites excluding steroid dienone is 1. The molecule has 0 bridgehead atoms. The van der Waals surface area contributed by atoms with Crippen molar-refractivity contribution in [1.82, 2.24) is 19.9 Å². The Morgan fingerprint density at radius 3 is 2.53 bits per heavy atom. The Hall–Kier alpha value is -3.56. The number of thiophene rings is 1. The number of hydrogen-bond acceptors (Lipinski definition) is 8. The van der Waals surface area contributed by atoms with E-state index in [1.807, 2.05) is 45.3 Å². The number of carbonyl (C=O) groups excluding carboxylic acids is 2. The molecular formula is C25H27N5O3S. The van der Waals surface area contributed by atoms with Crippen LogP contribution < -0.4 is 10.2 Å². The smallest absolute Gasteiger partial charge is 0.275 e. The van der Waals surface area contributed by atoms with Crippen molar-refractivity contribution in [1.29, 1.82) is 0 Å². The fourth-order valence-corrected chi connectivity index (χ4v) is 4.81. The fraction of sp³-hybridized carbons (Fsp3) is 0.280. The first kappa shape index (κ1) is 23.6. The van der Waals surface area contributed by atoms with Crippen LogP contribution in [0, 0.1) is 6.92 Å². The van der Waals surface area contributed by atoms with Gasteiger partial charge in [-0.15, -0.1) is 17.9 Å². The van der Waals surface area contributed by atoms with Crippen LogP contribution in [0.5, 0.6) is 5.75 Å². The van der Waals surface area contributed by atoms with Crippen molar-refractivity contribution in [3.63, 3.8) is 0 Å². The third kappa shape index (κ3) is 4.71. The Labute approximate surface area is 202 Å². The Balaban J connectivity index is 1.69. The molecule has 0 unspecified atom stereocenters. The second-order valence-electron chi connectivity index (χ2n) is 8.31. The first-order valence-corrected chi connectivity index (χ1v) is 11.7. The van der Waals surface area contributed by atoms with Crippen molar-refractivity contribution in [3.8, 4) is 16.2 Å². The Bertz CT molecular complexity index is 1290. The summed E-state index contributed by atoms with van der Waals surface area (Å²) in [6, 6.07) is 7.96. The summed E-state index contributed by atoms with van der Waals surface area (Å²) in [5.41, 5.74) is 5.32. The van der Waals surface area contributed by atoms with E-state index in [1.165, 1.54) is 6.08 Å². The molecule has 9 heteroatoms. The van der Waals surface area contributed by atoms with Crippen LogP contribution in [-0.2, 0) is 16.0 Å². The maximum absolute atomic E-state index is 12.4. The molecule has 0 spiro atoms. The highest BCUT2D eigenvalue weighted by Gasteiger charge is 2.30. The van der Waals surface area contributed by atoms with Gasteiger partial charge in [-0.25, -0.2) is 9.97 Å². The van der Waals surface area contributed by atoms with Crippen LogP contribution in [0.15, 0.2) is 48.6 Å². The number of nitrogens with zero attached hydrogens (tertiary/aromatic N) is 4. The van der Waals surface area contributed by atoms with Gasteiger partial charge >= 0.3 is 0 Å². The monoisotopic (exact) mass is 477 g/mol. The predicted molar refractivity (Wildman–Crippen MR) is 135 cm³/mol.